The molecule has 0 bridgehead atoms. The van der Waals surface area contributed by atoms with Crippen LogP contribution >= 0.6 is 31.9 Å². The highest BCUT2D eigenvalue weighted by molar-refractivity contribution is 9.11. The molecule has 0 aliphatic rings. The largest absolute Gasteiger partial charge is 0.506 e. The van der Waals surface area contributed by atoms with Gasteiger partial charge in [-0.2, -0.15) is 5.11 Å². The maximum Gasteiger partial charge on any atom is 0.188 e. The van der Waals surface area contributed by atoms with E-state index in [1.54, 1.807) is 25.4 Å². The summed E-state index contributed by atoms with van der Waals surface area (Å²) >= 11 is 6.62. The third-order valence-corrected chi connectivity index (χ3v) is 4.91. The molecule has 0 heterocycles. The molecule has 0 fully saturated rings. The summed E-state index contributed by atoms with van der Waals surface area (Å²) < 4.78 is 7.12. The number of amidine groups is 1. The van der Waals surface area contributed by atoms with Gasteiger partial charge in [-0.3, -0.25) is 0 Å². The molecule has 2 rings (SSSR count). The third kappa shape index (κ3) is 8.11. The van der Waals surface area contributed by atoms with E-state index in [2.05, 4.69) is 66.1 Å². The highest BCUT2D eigenvalue weighted by Gasteiger charge is 2.06. The van der Waals surface area contributed by atoms with Gasteiger partial charge in [0.05, 0.1) is 8.95 Å². The van der Waals surface area contributed by atoms with Crippen molar-refractivity contribution in [3.05, 3.63) is 62.2 Å². The summed E-state index contributed by atoms with van der Waals surface area (Å²) in [5.74, 6) is 1.47. The number of aromatic hydroxyl groups is 1. The predicted octanol–water partition coefficient (Wildman–Crippen LogP) is 7.34. The van der Waals surface area contributed by atoms with Gasteiger partial charge < -0.3 is 9.84 Å². The molecule has 1 N–H and O–H groups in total. The summed E-state index contributed by atoms with van der Waals surface area (Å²) in [5, 5.41) is 17.6. The summed E-state index contributed by atoms with van der Waals surface area (Å²) in [6, 6.07) is 9.75. The van der Waals surface area contributed by atoms with Gasteiger partial charge in [0.1, 0.15) is 18.1 Å². The van der Waals surface area contributed by atoms with Crippen molar-refractivity contribution in [3.63, 3.8) is 0 Å². The van der Waals surface area contributed by atoms with Crippen LogP contribution in [0.2, 0.25) is 0 Å². The van der Waals surface area contributed by atoms with Crippen LogP contribution in [0.4, 0.5) is 0 Å². The van der Waals surface area contributed by atoms with E-state index >= 15 is 0 Å². The second-order valence-corrected chi connectivity index (χ2v) is 7.46. The normalized spacial score (nSPS) is 11.6. The molecule has 0 saturated heterocycles. The molecule has 0 spiro atoms. The number of ether oxygens (including phenoxy) is 1. The van der Waals surface area contributed by atoms with Crippen LogP contribution in [-0.4, -0.2) is 24.6 Å². The van der Waals surface area contributed by atoms with Crippen molar-refractivity contribution in [1.82, 2.24) is 0 Å². The zero-order valence-corrected chi connectivity index (χ0v) is 20.6. The van der Waals surface area contributed by atoms with Gasteiger partial charge >= 0.3 is 0 Å². The second-order valence-electron chi connectivity index (χ2n) is 5.75. The monoisotopic (exact) mass is 523 g/mol. The number of rotatable bonds is 6. The molecule has 0 aliphatic heterocycles. The molecule has 7 heteroatoms. The number of azo groups is 1. The standard InChI is InChI=1S/C20H21Br2N3O2.C2H6/c1-4-15-6-5-13(2)9-18(15)27-12-19(25-23-3)24-8-7-14-10-16(21)20(26)17(22)11-14;1-2/h5-11,26H,4,12H2,1-3H3;1-2H3/b8-7+,24-19?,25-23?;. The zero-order chi connectivity index (χ0) is 21.8. The molecule has 2 aromatic carbocycles. The average Bonchev–Trinajstić information content (AvgIpc) is 2.71. The van der Waals surface area contributed by atoms with Gasteiger partial charge in [-0.05, 0) is 86.2 Å². The number of aryl methyl sites for hydroxylation is 2. The van der Waals surface area contributed by atoms with Gasteiger partial charge in [0.25, 0.3) is 0 Å². The van der Waals surface area contributed by atoms with Crippen LogP contribution in [0.25, 0.3) is 6.08 Å². The first-order valence-corrected chi connectivity index (χ1v) is 11.0. The number of halogens is 2. The smallest absolute Gasteiger partial charge is 0.188 e. The lowest BCUT2D eigenvalue weighted by Crippen LogP contribution is -2.09. The number of benzene rings is 2. The van der Waals surface area contributed by atoms with E-state index in [9.17, 15) is 5.11 Å². The lowest BCUT2D eigenvalue weighted by molar-refractivity contribution is 0.370. The maximum atomic E-state index is 9.77. The summed E-state index contributed by atoms with van der Waals surface area (Å²) in [6.45, 7) is 8.35. The van der Waals surface area contributed by atoms with Gasteiger partial charge in [0.15, 0.2) is 5.84 Å². The Kier molecular flexibility index (Phi) is 11.5. The molecule has 29 heavy (non-hydrogen) atoms. The molecule has 0 aromatic heterocycles. The van der Waals surface area contributed by atoms with Crippen LogP contribution in [0.3, 0.4) is 0 Å². The maximum absolute atomic E-state index is 9.77. The highest BCUT2D eigenvalue weighted by Crippen LogP contribution is 2.33. The van der Waals surface area contributed by atoms with Crippen molar-refractivity contribution in [2.24, 2.45) is 15.2 Å². The van der Waals surface area contributed by atoms with Crippen molar-refractivity contribution in [3.8, 4) is 11.5 Å². The van der Waals surface area contributed by atoms with E-state index in [0.717, 1.165) is 28.9 Å². The van der Waals surface area contributed by atoms with Gasteiger partial charge in [-0.25, -0.2) is 4.99 Å². The van der Waals surface area contributed by atoms with Gasteiger partial charge in [-0.1, -0.05) is 32.9 Å². The molecule has 2 aromatic rings. The molecule has 0 aliphatic carbocycles. The number of phenols is 1. The Balaban J connectivity index is 0.00000204. The first kappa shape index (κ1) is 25.0. The predicted molar refractivity (Wildman–Crippen MR) is 128 cm³/mol. The van der Waals surface area contributed by atoms with Crippen molar-refractivity contribution in [1.29, 1.82) is 0 Å². The number of phenolic OH excluding ortho intramolecular Hbond substituents is 1. The Hall–Kier alpha value is -1.99. The van der Waals surface area contributed by atoms with Crippen LogP contribution in [0.1, 0.15) is 37.5 Å². The SMILES string of the molecule is CC.CCc1ccc(C)cc1OCC(N=NC)=N/C=C/c1cc(Br)c(O)c(Br)c1. The summed E-state index contributed by atoms with van der Waals surface area (Å²) in [6.07, 6.45) is 4.34. The van der Waals surface area contributed by atoms with E-state index in [1.807, 2.05) is 32.9 Å². The average molecular weight is 525 g/mol. The first-order chi connectivity index (χ1) is 13.9. The van der Waals surface area contributed by atoms with Crippen molar-refractivity contribution >= 4 is 43.8 Å². The molecule has 0 saturated carbocycles. The Morgan fingerprint density at radius 1 is 1.14 bits per heavy atom. The molecule has 0 radical (unpaired) electrons. The fourth-order valence-corrected chi connectivity index (χ4v) is 3.55. The Morgan fingerprint density at radius 2 is 1.79 bits per heavy atom. The minimum Gasteiger partial charge on any atom is -0.506 e. The van der Waals surface area contributed by atoms with E-state index < -0.39 is 0 Å². The Bertz CT molecular complexity index is 871. The van der Waals surface area contributed by atoms with Crippen LogP contribution in [0, 0.1) is 6.92 Å². The van der Waals surface area contributed by atoms with Crippen LogP contribution < -0.4 is 4.74 Å². The fraction of sp³-hybridized carbons (Fsp3) is 0.318. The van der Waals surface area contributed by atoms with Crippen LogP contribution in [-0.2, 0) is 6.42 Å². The second kappa shape index (κ2) is 13.3. The number of aliphatic imine (C=N–C) groups is 1. The Labute approximate surface area is 189 Å². The van der Waals surface area contributed by atoms with E-state index in [-0.39, 0.29) is 12.4 Å². The third-order valence-electron chi connectivity index (χ3n) is 3.71. The first-order valence-electron chi connectivity index (χ1n) is 9.38. The molecule has 5 nitrogen and oxygen atoms in total. The summed E-state index contributed by atoms with van der Waals surface area (Å²) in [4.78, 5) is 4.34. The van der Waals surface area contributed by atoms with Gasteiger partial charge in [0, 0.05) is 13.2 Å². The van der Waals surface area contributed by atoms with Crippen molar-refractivity contribution in [2.75, 3.05) is 13.7 Å². The minimum atomic E-state index is 0.161. The lowest BCUT2D eigenvalue weighted by atomic mass is 10.1. The van der Waals surface area contributed by atoms with E-state index in [0.29, 0.717) is 14.8 Å². The van der Waals surface area contributed by atoms with Crippen molar-refractivity contribution in [2.45, 2.75) is 34.1 Å². The molecular weight excluding hydrogens is 498 g/mol. The lowest BCUT2D eigenvalue weighted by Gasteiger charge is -2.10. The highest BCUT2D eigenvalue weighted by atomic mass is 79.9. The number of nitrogens with zero attached hydrogens (tertiary/aromatic N) is 3. The molecule has 0 amide bonds. The molecule has 0 atom stereocenters. The fourth-order valence-electron chi connectivity index (χ4n) is 2.33. The van der Waals surface area contributed by atoms with Crippen molar-refractivity contribution < 1.29 is 9.84 Å². The van der Waals surface area contributed by atoms with Gasteiger partial charge in [0.2, 0.25) is 0 Å². The number of hydrogen-bond acceptors (Lipinski definition) is 4. The summed E-state index contributed by atoms with van der Waals surface area (Å²) in [5.41, 5.74) is 3.15. The van der Waals surface area contributed by atoms with Gasteiger partial charge in [-0.15, -0.1) is 5.11 Å². The minimum absolute atomic E-state index is 0.161. The van der Waals surface area contributed by atoms with Crippen LogP contribution in [0.5, 0.6) is 11.5 Å². The van der Waals surface area contributed by atoms with E-state index in [4.69, 9.17) is 4.74 Å². The molecular formula is C22H27Br2N3O2. The molecule has 156 valence electrons. The summed E-state index contributed by atoms with van der Waals surface area (Å²) in [7, 11) is 1.59. The topological polar surface area (TPSA) is 66.5 Å². The zero-order valence-electron chi connectivity index (χ0n) is 17.4. The van der Waals surface area contributed by atoms with E-state index in [1.165, 1.54) is 0 Å². The Morgan fingerprint density at radius 3 is 2.38 bits per heavy atom. The number of hydrogen-bond donors (Lipinski definition) is 1. The molecule has 0 unspecified atom stereocenters. The quantitative estimate of drug-likeness (QED) is 0.244. The van der Waals surface area contributed by atoms with Crippen LogP contribution in [0.15, 0.2) is 60.7 Å².